The molecular weight excluding hydrogens is 468 g/mol. The highest BCUT2D eigenvalue weighted by atomic mass is 19.4. The summed E-state index contributed by atoms with van der Waals surface area (Å²) in [5.74, 6) is -3.02. The van der Waals surface area contributed by atoms with Crippen molar-refractivity contribution in [2.75, 3.05) is 12.1 Å². The van der Waals surface area contributed by atoms with Crippen molar-refractivity contribution in [2.45, 2.75) is 37.0 Å². The molecule has 0 aromatic heterocycles. The summed E-state index contributed by atoms with van der Waals surface area (Å²) in [6, 6.07) is -0.535. The molecule has 1 aromatic rings. The molecule has 0 aliphatic carbocycles. The highest BCUT2D eigenvalue weighted by Gasteiger charge is 2.59. The van der Waals surface area contributed by atoms with Gasteiger partial charge in [-0.2, -0.15) is 57.8 Å². The van der Waals surface area contributed by atoms with E-state index in [9.17, 15) is 57.8 Å². The Bertz CT molecular complexity index is 808. The summed E-state index contributed by atoms with van der Waals surface area (Å²) in [5, 5.41) is 12.3. The van der Waals surface area contributed by atoms with E-state index in [2.05, 4.69) is 9.84 Å². The molecular formula is C15H10F12N2O2. The highest BCUT2D eigenvalue weighted by Crippen LogP contribution is 2.44. The second-order valence-corrected chi connectivity index (χ2v) is 6.23. The van der Waals surface area contributed by atoms with Gasteiger partial charge in [0, 0.05) is 7.11 Å². The maximum atomic E-state index is 13.2. The minimum Gasteiger partial charge on any atom is -0.371 e. The van der Waals surface area contributed by atoms with Gasteiger partial charge in [-0.3, -0.25) is 0 Å². The van der Waals surface area contributed by atoms with Crippen molar-refractivity contribution in [3.63, 3.8) is 0 Å². The number of anilines is 1. The lowest BCUT2D eigenvalue weighted by atomic mass is 9.94. The van der Waals surface area contributed by atoms with E-state index in [4.69, 9.17) is 0 Å². The van der Waals surface area contributed by atoms with E-state index in [0.717, 1.165) is 0 Å². The number of benzene rings is 1. The molecule has 0 radical (unpaired) electrons. The van der Waals surface area contributed by atoms with Crippen LogP contribution in [0.5, 0.6) is 0 Å². The molecule has 1 aromatic carbocycles. The maximum absolute atomic E-state index is 13.2. The summed E-state index contributed by atoms with van der Waals surface area (Å²) in [6.45, 7) is 0. The van der Waals surface area contributed by atoms with Gasteiger partial charge in [0.15, 0.2) is 18.0 Å². The summed E-state index contributed by atoms with van der Waals surface area (Å²) in [5.41, 5.74) is -7.61. The van der Waals surface area contributed by atoms with Gasteiger partial charge in [0.05, 0.1) is 22.7 Å². The molecule has 3 unspecified atom stereocenters. The van der Waals surface area contributed by atoms with Crippen molar-refractivity contribution >= 4 is 11.4 Å². The van der Waals surface area contributed by atoms with Crippen LogP contribution in [0.1, 0.15) is 11.1 Å². The summed E-state index contributed by atoms with van der Waals surface area (Å²) >= 11 is 0. The van der Waals surface area contributed by atoms with E-state index in [0.29, 0.717) is 7.11 Å². The zero-order chi connectivity index (χ0) is 24.2. The number of hydrazone groups is 1. The molecule has 1 aliphatic rings. The maximum Gasteiger partial charge on any atom is 0.431 e. The Balaban J connectivity index is 2.69. The van der Waals surface area contributed by atoms with Gasteiger partial charge in [0.25, 0.3) is 0 Å². The summed E-state index contributed by atoms with van der Waals surface area (Å²) in [6.07, 6.45) is -28.2. The van der Waals surface area contributed by atoms with E-state index in [1.165, 1.54) is 0 Å². The molecule has 2 rings (SSSR count). The first-order chi connectivity index (χ1) is 13.8. The number of aliphatic hydroxyl groups excluding tert-OH is 1. The molecule has 176 valence electrons. The molecule has 0 bridgehead atoms. The van der Waals surface area contributed by atoms with Crippen LogP contribution in [0.4, 0.5) is 58.4 Å². The van der Waals surface area contributed by atoms with Crippen LogP contribution >= 0.6 is 0 Å². The molecule has 1 heterocycles. The molecule has 0 saturated heterocycles. The normalized spacial score (nSPS) is 22.0. The number of nitrogens with zero attached hydrogens (tertiary/aromatic N) is 2. The molecule has 1 N–H and O–H groups in total. The predicted molar refractivity (Wildman–Crippen MR) is 78.8 cm³/mol. The average molecular weight is 478 g/mol. The Morgan fingerprint density at radius 3 is 1.61 bits per heavy atom. The zero-order valence-electron chi connectivity index (χ0n) is 14.7. The first kappa shape index (κ1) is 25.0. The fourth-order valence-electron chi connectivity index (χ4n) is 2.85. The van der Waals surface area contributed by atoms with Crippen molar-refractivity contribution < 1.29 is 62.5 Å². The van der Waals surface area contributed by atoms with Gasteiger partial charge in [-0.15, -0.1) is 0 Å². The van der Waals surface area contributed by atoms with Gasteiger partial charge in [-0.25, -0.2) is 5.01 Å². The SMILES string of the molecule is COC(C1C(C(F)(F)F)=NN(c2cc(C(F)(F)F)cc(C(F)(F)F)c2)C1O)C(F)(F)F. The van der Waals surface area contributed by atoms with Crippen LogP contribution in [-0.2, 0) is 17.1 Å². The lowest BCUT2D eigenvalue weighted by molar-refractivity contribution is -0.229. The van der Waals surface area contributed by atoms with Crippen molar-refractivity contribution in [1.29, 1.82) is 0 Å². The number of methoxy groups -OCH3 is 1. The van der Waals surface area contributed by atoms with Gasteiger partial charge in [0.1, 0.15) is 0 Å². The summed E-state index contributed by atoms with van der Waals surface area (Å²) in [7, 11) is 0.355. The second kappa shape index (κ2) is 7.72. The topological polar surface area (TPSA) is 45.1 Å². The Hall–Kier alpha value is -2.23. The van der Waals surface area contributed by atoms with Gasteiger partial charge < -0.3 is 9.84 Å². The van der Waals surface area contributed by atoms with Crippen LogP contribution in [0.2, 0.25) is 0 Å². The molecule has 4 nitrogen and oxygen atoms in total. The van der Waals surface area contributed by atoms with Gasteiger partial charge in [0.2, 0.25) is 0 Å². The van der Waals surface area contributed by atoms with Crippen LogP contribution in [-0.4, -0.2) is 42.6 Å². The monoisotopic (exact) mass is 478 g/mol. The third kappa shape index (κ3) is 5.16. The Morgan fingerprint density at radius 1 is 0.839 bits per heavy atom. The van der Waals surface area contributed by atoms with E-state index >= 15 is 0 Å². The fourth-order valence-corrected chi connectivity index (χ4v) is 2.85. The van der Waals surface area contributed by atoms with Crippen molar-refractivity contribution in [2.24, 2.45) is 11.0 Å². The summed E-state index contributed by atoms with van der Waals surface area (Å²) in [4.78, 5) is 0. The van der Waals surface area contributed by atoms with Crippen LogP contribution in [0.25, 0.3) is 0 Å². The first-order valence-electron chi connectivity index (χ1n) is 7.80. The van der Waals surface area contributed by atoms with Gasteiger partial charge >= 0.3 is 24.7 Å². The molecule has 0 amide bonds. The molecule has 31 heavy (non-hydrogen) atoms. The lowest BCUT2D eigenvalue weighted by Gasteiger charge is -2.30. The Labute approximate surface area is 164 Å². The van der Waals surface area contributed by atoms with Crippen LogP contribution in [0.3, 0.4) is 0 Å². The van der Waals surface area contributed by atoms with Crippen LogP contribution in [0.15, 0.2) is 23.3 Å². The molecule has 0 spiro atoms. The van der Waals surface area contributed by atoms with E-state index < -0.39 is 70.5 Å². The summed E-state index contributed by atoms with van der Waals surface area (Å²) < 4.78 is 161. The number of hydrogen-bond donors (Lipinski definition) is 1. The number of ether oxygens (including phenoxy) is 1. The fraction of sp³-hybridized carbons (Fsp3) is 0.533. The van der Waals surface area contributed by atoms with E-state index in [-0.39, 0.29) is 18.2 Å². The standard InChI is InChI=1S/C15H10F12N2O2/c1-31-10(15(25,26)27)8-9(14(22,23)24)28-29(11(8)30)7-3-5(12(16,17)18)2-6(4-7)13(19,20)21/h2-4,8,10-11,30H,1H3. The minimum absolute atomic E-state index is 0.0896. The Morgan fingerprint density at radius 2 is 1.29 bits per heavy atom. The van der Waals surface area contributed by atoms with Gasteiger partial charge in [-0.05, 0) is 18.2 Å². The first-order valence-corrected chi connectivity index (χ1v) is 7.80. The minimum atomic E-state index is -5.63. The van der Waals surface area contributed by atoms with E-state index in [1.54, 1.807) is 0 Å². The Kier molecular flexibility index (Phi) is 6.23. The highest BCUT2D eigenvalue weighted by molar-refractivity contribution is 5.95. The number of halogens is 12. The van der Waals surface area contributed by atoms with Crippen LogP contribution in [0, 0.1) is 5.92 Å². The van der Waals surface area contributed by atoms with Crippen molar-refractivity contribution in [3.8, 4) is 0 Å². The average Bonchev–Trinajstić information content (AvgIpc) is 2.90. The second-order valence-electron chi connectivity index (χ2n) is 6.23. The quantitative estimate of drug-likeness (QED) is 0.624. The molecule has 16 heteroatoms. The molecule has 0 fully saturated rings. The number of rotatable bonds is 3. The van der Waals surface area contributed by atoms with E-state index in [1.807, 2.05) is 0 Å². The molecule has 0 saturated carbocycles. The van der Waals surface area contributed by atoms with Crippen molar-refractivity contribution in [3.05, 3.63) is 29.3 Å². The number of aliphatic hydroxyl groups is 1. The zero-order valence-corrected chi connectivity index (χ0v) is 14.7. The smallest absolute Gasteiger partial charge is 0.371 e. The third-order valence-corrected chi connectivity index (χ3v) is 4.13. The van der Waals surface area contributed by atoms with Crippen molar-refractivity contribution in [1.82, 2.24) is 0 Å². The predicted octanol–water partition coefficient (Wildman–Crippen LogP) is 4.97. The third-order valence-electron chi connectivity index (χ3n) is 4.13. The lowest BCUT2D eigenvalue weighted by Crippen LogP contribution is -2.50. The number of alkyl halides is 12. The van der Waals surface area contributed by atoms with Crippen LogP contribution < -0.4 is 5.01 Å². The molecule has 3 atom stereocenters. The van der Waals surface area contributed by atoms with Gasteiger partial charge in [-0.1, -0.05) is 0 Å². The largest absolute Gasteiger partial charge is 0.431 e. The number of hydrogen-bond acceptors (Lipinski definition) is 4. The molecule has 1 aliphatic heterocycles.